The molecule has 3 heterocycles. The van der Waals surface area contributed by atoms with Crippen LogP contribution < -0.4 is 4.90 Å². The molecule has 4 heteroatoms. The number of hydrogen-bond acceptors (Lipinski definition) is 2. The fourth-order valence-corrected chi connectivity index (χ4v) is 5.54. The van der Waals surface area contributed by atoms with Crippen molar-refractivity contribution < 1.29 is 0 Å². The van der Waals surface area contributed by atoms with Crippen molar-refractivity contribution in [3.63, 3.8) is 0 Å². The predicted molar refractivity (Wildman–Crippen MR) is 101 cm³/mol. The lowest BCUT2D eigenvalue weighted by molar-refractivity contribution is 0.276. The molecular formula is C21H26N4. The molecule has 1 fully saturated rings. The van der Waals surface area contributed by atoms with Gasteiger partial charge in [0, 0.05) is 25.1 Å². The van der Waals surface area contributed by atoms with Crippen molar-refractivity contribution in [2.75, 3.05) is 4.90 Å². The predicted octanol–water partition coefficient (Wildman–Crippen LogP) is 4.72. The van der Waals surface area contributed by atoms with Crippen LogP contribution in [0.15, 0.2) is 36.7 Å². The fraction of sp³-hybridized carbons (Fsp3) is 0.476. The summed E-state index contributed by atoms with van der Waals surface area (Å²) in [5, 5.41) is 0. The number of imidazole rings is 2. The summed E-state index contributed by atoms with van der Waals surface area (Å²) in [6.45, 7) is 4.61. The van der Waals surface area contributed by atoms with E-state index in [-0.39, 0.29) is 5.54 Å². The van der Waals surface area contributed by atoms with E-state index in [0.29, 0.717) is 6.04 Å². The molecule has 0 bridgehead atoms. The van der Waals surface area contributed by atoms with Gasteiger partial charge in [0.05, 0.1) is 23.0 Å². The van der Waals surface area contributed by atoms with E-state index in [1.165, 1.54) is 54.7 Å². The number of rotatable bonds is 1. The van der Waals surface area contributed by atoms with Crippen LogP contribution in [-0.4, -0.2) is 14.0 Å². The van der Waals surface area contributed by atoms with E-state index < -0.39 is 0 Å². The largest absolute Gasteiger partial charge is 0.352 e. The maximum absolute atomic E-state index is 4.62. The molecule has 1 atom stereocenters. The Morgan fingerprint density at radius 2 is 1.88 bits per heavy atom. The molecule has 0 radical (unpaired) electrons. The van der Waals surface area contributed by atoms with E-state index in [1.807, 2.05) is 6.20 Å². The van der Waals surface area contributed by atoms with Gasteiger partial charge in [-0.05, 0) is 38.3 Å². The van der Waals surface area contributed by atoms with Crippen molar-refractivity contribution in [2.24, 2.45) is 7.05 Å². The first-order chi connectivity index (χ1) is 12.1. The van der Waals surface area contributed by atoms with Crippen molar-refractivity contribution in [1.82, 2.24) is 14.0 Å². The maximum Gasteiger partial charge on any atom is 0.214 e. The van der Waals surface area contributed by atoms with E-state index in [2.05, 4.69) is 70.2 Å². The summed E-state index contributed by atoms with van der Waals surface area (Å²) in [5.41, 5.74) is 5.78. The summed E-state index contributed by atoms with van der Waals surface area (Å²) in [4.78, 5) is 7.34. The molecule has 2 aromatic heterocycles. The Morgan fingerprint density at radius 3 is 2.64 bits per heavy atom. The van der Waals surface area contributed by atoms with E-state index in [9.17, 15) is 0 Å². The summed E-state index contributed by atoms with van der Waals surface area (Å²) in [5.74, 6) is 1.08. The zero-order chi connectivity index (χ0) is 17.2. The number of fused-ring (bicyclic) bond motifs is 4. The second kappa shape index (κ2) is 5.13. The standard InChI is InChI=1S/C21H26N4/c1-15-9-5-6-10-17(15)25-16(2)18-19(21(25)11-7-4-8-12-21)24-14-13-22-20(24)23(18)3/h5-6,9-10,13-14,16H,4,7-8,11-12H2,1-3H3/t16-/m0/s1. The third-order valence-corrected chi connectivity index (χ3v) is 6.51. The molecule has 4 nitrogen and oxygen atoms in total. The Labute approximate surface area is 149 Å². The number of aryl methyl sites for hydroxylation is 2. The highest BCUT2D eigenvalue weighted by Crippen LogP contribution is 2.56. The van der Waals surface area contributed by atoms with Gasteiger partial charge in [0.25, 0.3) is 0 Å². The van der Waals surface area contributed by atoms with E-state index in [1.54, 1.807) is 0 Å². The zero-order valence-corrected chi connectivity index (χ0v) is 15.4. The highest BCUT2D eigenvalue weighted by molar-refractivity contribution is 5.63. The average molecular weight is 334 g/mol. The Kier molecular flexibility index (Phi) is 3.09. The summed E-state index contributed by atoms with van der Waals surface area (Å²) >= 11 is 0. The van der Waals surface area contributed by atoms with Gasteiger partial charge in [-0.3, -0.25) is 4.40 Å². The highest BCUT2D eigenvalue weighted by atomic mass is 15.3. The molecule has 5 rings (SSSR count). The van der Waals surface area contributed by atoms with Crippen LogP contribution in [0.2, 0.25) is 0 Å². The third-order valence-electron chi connectivity index (χ3n) is 6.51. The molecule has 3 aromatic rings. The normalized spacial score (nSPS) is 22.0. The van der Waals surface area contributed by atoms with Crippen LogP contribution in [0.3, 0.4) is 0 Å². The quantitative estimate of drug-likeness (QED) is 0.643. The summed E-state index contributed by atoms with van der Waals surface area (Å²) in [6.07, 6.45) is 10.5. The number of hydrogen-bond donors (Lipinski definition) is 0. The van der Waals surface area contributed by atoms with Crippen LogP contribution in [0.1, 0.15) is 62.0 Å². The number of nitrogens with zero attached hydrogens (tertiary/aromatic N) is 4. The smallest absolute Gasteiger partial charge is 0.214 e. The Morgan fingerprint density at radius 1 is 1.12 bits per heavy atom. The number of aromatic nitrogens is 3. The number of para-hydroxylation sites is 1. The van der Waals surface area contributed by atoms with Gasteiger partial charge in [0.15, 0.2) is 0 Å². The van der Waals surface area contributed by atoms with Crippen molar-refractivity contribution in [2.45, 2.75) is 57.5 Å². The van der Waals surface area contributed by atoms with Crippen LogP contribution in [-0.2, 0) is 12.6 Å². The Hall–Kier alpha value is -2.23. The molecule has 2 aliphatic rings. The first-order valence-corrected chi connectivity index (χ1v) is 9.52. The lowest BCUT2D eigenvalue weighted by atomic mass is 9.79. The minimum atomic E-state index is 0.0966. The molecule has 130 valence electrons. The minimum Gasteiger partial charge on any atom is -0.352 e. The first-order valence-electron chi connectivity index (χ1n) is 9.52. The van der Waals surface area contributed by atoms with Crippen LogP contribution in [0, 0.1) is 6.92 Å². The van der Waals surface area contributed by atoms with Crippen molar-refractivity contribution >= 4 is 11.5 Å². The molecule has 25 heavy (non-hydrogen) atoms. The van der Waals surface area contributed by atoms with Gasteiger partial charge in [-0.15, -0.1) is 0 Å². The molecule has 1 aromatic carbocycles. The van der Waals surface area contributed by atoms with E-state index in [4.69, 9.17) is 0 Å². The van der Waals surface area contributed by atoms with Gasteiger partial charge in [-0.25, -0.2) is 4.98 Å². The molecule has 0 unspecified atom stereocenters. The van der Waals surface area contributed by atoms with Crippen LogP contribution >= 0.6 is 0 Å². The minimum absolute atomic E-state index is 0.0966. The molecule has 1 aliphatic carbocycles. The van der Waals surface area contributed by atoms with Gasteiger partial charge >= 0.3 is 0 Å². The molecule has 0 amide bonds. The summed E-state index contributed by atoms with van der Waals surface area (Å²) < 4.78 is 4.67. The first kappa shape index (κ1) is 15.1. The van der Waals surface area contributed by atoms with Crippen LogP contribution in [0.25, 0.3) is 5.78 Å². The molecule has 1 aliphatic heterocycles. The van der Waals surface area contributed by atoms with Gasteiger partial charge in [-0.2, -0.15) is 0 Å². The zero-order valence-electron chi connectivity index (χ0n) is 15.4. The molecule has 1 saturated carbocycles. The van der Waals surface area contributed by atoms with Crippen LogP contribution in [0.4, 0.5) is 5.69 Å². The van der Waals surface area contributed by atoms with Crippen molar-refractivity contribution in [3.8, 4) is 0 Å². The van der Waals surface area contributed by atoms with Crippen LogP contribution in [0.5, 0.6) is 0 Å². The second-order valence-electron chi connectivity index (χ2n) is 7.81. The number of anilines is 1. The van der Waals surface area contributed by atoms with Gasteiger partial charge in [0.1, 0.15) is 0 Å². The van der Waals surface area contributed by atoms with Crippen molar-refractivity contribution in [1.29, 1.82) is 0 Å². The summed E-state index contributed by atoms with van der Waals surface area (Å²) in [7, 11) is 2.18. The Balaban J connectivity index is 1.81. The topological polar surface area (TPSA) is 25.5 Å². The Bertz CT molecular complexity index is 942. The van der Waals surface area contributed by atoms with E-state index in [0.717, 1.165) is 5.78 Å². The van der Waals surface area contributed by atoms with Gasteiger partial charge in [0.2, 0.25) is 5.78 Å². The summed E-state index contributed by atoms with van der Waals surface area (Å²) in [6, 6.07) is 9.24. The monoisotopic (exact) mass is 334 g/mol. The average Bonchev–Trinajstić information content (AvgIpc) is 3.25. The number of benzene rings is 1. The lowest BCUT2D eigenvalue weighted by Gasteiger charge is -2.45. The van der Waals surface area contributed by atoms with Gasteiger partial charge < -0.3 is 9.47 Å². The highest BCUT2D eigenvalue weighted by Gasteiger charge is 2.53. The lowest BCUT2D eigenvalue weighted by Crippen LogP contribution is -2.45. The SMILES string of the molecule is Cc1ccccc1N1[C@@H](C)c2c(n3ccnc3n2C)C12CCCCC2. The van der Waals surface area contributed by atoms with Gasteiger partial charge in [-0.1, -0.05) is 37.5 Å². The molecule has 0 saturated heterocycles. The molecular weight excluding hydrogens is 308 g/mol. The van der Waals surface area contributed by atoms with Crippen molar-refractivity contribution in [3.05, 3.63) is 53.6 Å². The van der Waals surface area contributed by atoms with E-state index >= 15 is 0 Å². The molecule has 0 N–H and O–H groups in total. The third kappa shape index (κ3) is 1.80. The second-order valence-corrected chi connectivity index (χ2v) is 7.81. The fourth-order valence-electron chi connectivity index (χ4n) is 5.54. The molecule has 1 spiro atoms. The maximum atomic E-state index is 4.62.